The van der Waals surface area contributed by atoms with Gasteiger partial charge in [0.15, 0.2) is 75.8 Å². The fourth-order valence-corrected chi connectivity index (χ4v) is 7.74. The van der Waals surface area contributed by atoms with Crippen molar-refractivity contribution in [3.8, 4) is 92.0 Å². The average Bonchev–Trinajstić information content (AvgIpc) is 3.23. The van der Waals surface area contributed by atoms with Crippen LogP contribution in [0.5, 0.6) is 92.0 Å². The summed E-state index contributed by atoms with van der Waals surface area (Å²) >= 11 is 0. The number of phenols is 14. The average molecular weight is 883 g/mol. The van der Waals surface area contributed by atoms with Gasteiger partial charge in [0.2, 0.25) is 0 Å². The highest BCUT2D eigenvalue weighted by Gasteiger charge is 2.49. The molecule has 5 atom stereocenters. The Labute approximate surface area is 358 Å². The molecular formula is C44H34O20. The van der Waals surface area contributed by atoms with Crippen molar-refractivity contribution >= 4 is 11.9 Å². The molecule has 0 radical (unpaired) electrons. The third-order valence-electron chi connectivity index (χ3n) is 10.7. The first kappa shape index (κ1) is 41.8. The number of rotatable bonds is 7. The largest absolute Gasteiger partial charge is 0.508 e. The Balaban J connectivity index is 1.34. The topological polar surface area (TPSA) is 354 Å². The van der Waals surface area contributed by atoms with Crippen LogP contribution < -0.4 is 9.47 Å². The van der Waals surface area contributed by atoms with Gasteiger partial charge < -0.3 is 90.4 Å². The monoisotopic (exact) mass is 882 g/mol. The predicted molar refractivity (Wildman–Crippen MR) is 213 cm³/mol. The summed E-state index contributed by atoms with van der Waals surface area (Å²) in [6.07, 6.45) is -6.98. The third-order valence-corrected chi connectivity index (χ3v) is 10.7. The van der Waals surface area contributed by atoms with E-state index in [0.29, 0.717) is 0 Å². The minimum absolute atomic E-state index is 0.0106. The Bertz CT molecular complexity index is 2860. The SMILES string of the molecule is O=C(O[C@@H]1[C@H](c2c(O)cc(O)c3c2O[C@@H](c2ccc(O)c(O)c2)[C@@H](OC(=O)c2cc(O)c(O)c(O)c2)C3)c2c(O)cc(O)cc2O[C@@H]1c1ccc(O)c(O)c1)c1cc(O)c(O)c(O)c1. The number of carbonyl (C=O) groups excluding carboxylic acids is 2. The molecule has 2 aliphatic heterocycles. The van der Waals surface area contributed by atoms with E-state index < -0.39 is 146 Å². The Morgan fingerprint density at radius 2 is 0.969 bits per heavy atom. The molecule has 2 heterocycles. The van der Waals surface area contributed by atoms with Crippen LogP contribution in [-0.2, 0) is 15.9 Å². The van der Waals surface area contributed by atoms with Crippen LogP contribution in [0.2, 0.25) is 0 Å². The van der Waals surface area contributed by atoms with Crippen LogP contribution in [0.3, 0.4) is 0 Å². The smallest absolute Gasteiger partial charge is 0.338 e. The molecule has 0 saturated carbocycles. The molecule has 64 heavy (non-hydrogen) atoms. The summed E-state index contributed by atoms with van der Waals surface area (Å²) in [7, 11) is 0. The lowest BCUT2D eigenvalue weighted by molar-refractivity contribution is -0.0303. The van der Waals surface area contributed by atoms with Crippen LogP contribution in [0, 0.1) is 0 Å². The standard InChI is InChI=1S/C44H34O20/c45-19-11-26(51)34-32(12-19)61-40(16-2-4-22(47)25(50)6-16)42(64-44(60)18-9-30(55)38(58)31(56)10-18)36(34)35-27(52)14-23(48)20-13-33(62-43(59)17-7-28(53)37(57)29(54)8-17)39(63-41(20)35)15-1-3-21(46)24(49)5-15/h1-12,14,33,36,39-40,42,45-58H,13H2/t33-,36-,39-,40+,42+/m0/s1. The van der Waals surface area contributed by atoms with Crippen molar-refractivity contribution in [3.05, 3.63) is 118 Å². The fraction of sp³-hybridized carbons (Fsp3) is 0.136. The highest BCUT2D eigenvalue weighted by Crippen LogP contribution is 2.58. The molecule has 0 amide bonds. The summed E-state index contributed by atoms with van der Waals surface area (Å²) in [5.74, 6) is -15.6. The van der Waals surface area contributed by atoms with Gasteiger partial charge in [0.1, 0.15) is 40.6 Å². The van der Waals surface area contributed by atoms with Gasteiger partial charge in [0.25, 0.3) is 0 Å². The second kappa shape index (κ2) is 15.5. The van der Waals surface area contributed by atoms with E-state index in [1.807, 2.05) is 0 Å². The molecule has 0 bridgehead atoms. The van der Waals surface area contributed by atoms with Crippen molar-refractivity contribution in [2.75, 3.05) is 0 Å². The van der Waals surface area contributed by atoms with Crippen LogP contribution in [0.15, 0.2) is 78.9 Å². The van der Waals surface area contributed by atoms with E-state index in [0.717, 1.165) is 66.7 Å². The van der Waals surface area contributed by atoms with E-state index in [1.54, 1.807) is 0 Å². The maximum absolute atomic E-state index is 14.1. The Hall–Kier alpha value is -8.94. The molecule has 8 rings (SSSR count). The van der Waals surface area contributed by atoms with E-state index in [4.69, 9.17) is 18.9 Å². The zero-order chi connectivity index (χ0) is 46.0. The highest BCUT2D eigenvalue weighted by molar-refractivity contribution is 5.92. The first-order valence-electron chi connectivity index (χ1n) is 18.7. The number of carbonyl (C=O) groups is 2. The molecule has 0 fully saturated rings. The number of ether oxygens (including phenoxy) is 4. The van der Waals surface area contributed by atoms with Gasteiger partial charge in [0.05, 0.1) is 17.0 Å². The van der Waals surface area contributed by atoms with Crippen molar-refractivity contribution in [2.45, 2.75) is 36.8 Å². The molecule has 0 aromatic heterocycles. The number of esters is 2. The zero-order valence-electron chi connectivity index (χ0n) is 32.3. The lowest BCUT2D eigenvalue weighted by Crippen LogP contribution is -2.40. The molecule has 2 aliphatic rings. The van der Waals surface area contributed by atoms with Gasteiger partial charge in [-0.2, -0.15) is 0 Å². The first-order valence-corrected chi connectivity index (χ1v) is 18.7. The van der Waals surface area contributed by atoms with E-state index >= 15 is 0 Å². The van der Waals surface area contributed by atoms with Gasteiger partial charge in [-0.05, 0) is 48.5 Å². The van der Waals surface area contributed by atoms with Crippen molar-refractivity contribution in [2.24, 2.45) is 0 Å². The van der Waals surface area contributed by atoms with E-state index in [2.05, 4.69) is 0 Å². The Kier molecular flexibility index (Phi) is 10.1. The molecule has 14 N–H and O–H groups in total. The molecule has 0 spiro atoms. The number of hydrogen-bond acceptors (Lipinski definition) is 20. The summed E-state index contributed by atoms with van der Waals surface area (Å²) < 4.78 is 24.6. The molecule has 20 nitrogen and oxygen atoms in total. The summed E-state index contributed by atoms with van der Waals surface area (Å²) in [5, 5.41) is 147. The predicted octanol–water partition coefficient (Wildman–Crippen LogP) is 4.96. The molecule has 330 valence electrons. The molecule has 6 aromatic carbocycles. The first-order chi connectivity index (χ1) is 30.3. The molecule has 0 unspecified atom stereocenters. The van der Waals surface area contributed by atoms with Gasteiger partial charge in [-0.3, -0.25) is 0 Å². The van der Waals surface area contributed by atoms with Crippen LogP contribution in [0.25, 0.3) is 0 Å². The van der Waals surface area contributed by atoms with Gasteiger partial charge in [-0.15, -0.1) is 0 Å². The van der Waals surface area contributed by atoms with Crippen LogP contribution >= 0.6 is 0 Å². The number of phenolic OH excluding ortho intramolecular Hbond substituents is 14. The normalized spacial score (nSPS) is 18.7. The lowest BCUT2D eigenvalue weighted by atomic mass is 9.77. The van der Waals surface area contributed by atoms with E-state index in [1.165, 1.54) is 12.1 Å². The van der Waals surface area contributed by atoms with Gasteiger partial charge in [-0.25, -0.2) is 9.59 Å². The quantitative estimate of drug-likeness (QED) is 0.0744. The number of aromatic hydroxyl groups is 14. The minimum atomic E-state index is -1.85. The summed E-state index contributed by atoms with van der Waals surface area (Å²) in [6, 6.07) is 12.6. The summed E-state index contributed by atoms with van der Waals surface area (Å²) in [4.78, 5) is 27.6. The van der Waals surface area contributed by atoms with Crippen LogP contribution in [0.1, 0.15) is 66.7 Å². The molecule has 20 heteroatoms. The van der Waals surface area contributed by atoms with Crippen LogP contribution in [-0.4, -0.2) is 95.6 Å². The maximum atomic E-state index is 14.1. The third kappa shape index (κ3) is 7.23. The van der Waals surface area contributed by atoms with Gasteiger partial charge in [0, 0.05) is 52.4 Å². The number of benzene rings is 6. The van der Waals surface area contributed by atoms with Crippen LogP contribution in [0.4, 0.5) is 0 Å². The maximum Gasteiger partial charge on any atom is 0.338 e. The van der Waals surface area contributed by atoms with Gasteiger partial charge >= 0.3 is 11.9 Å². The Morgan fingerprint density at radius 1 is 0.469 bits per heavy atom. The summed E-state index contributed by atoms with van der Waals surface area (Å²) in [5.41, 5.74) is -1.85. The van der Waals surface area contributed by atoms with Crippen molar-refractivity contribution in [1.29, 1.82) is 0 Å². The molecule has 0 aliphatic carbocycles. The zero-order valence-corrected chi connectivity index (χ0v) is 32.3. The lowest BCUT2D eigenvalue weighted by Gasteiger charge is -2.42. The Morgan fingerprint density at radius 3 is 1.50 bits per heavy atom. The van der Waals surface area contributed by atoms with Gasteiger partial charge in [-0.1, -0.05) is 12.1 Å². The summed E-state index contributed by atoms with van der Waals surface area (Å²) in [6.45, 7) is 0. The minimum Gasteiger partial charge on any atom is -0.508 e. The fourth-order valence-electron chi connectivity index (χ4n) is 7.74. The van der Waals surface area contributed by atoms with Crippen molar-refractivity contribution < 1.29 is 100 Å². The molecule has 0 saturated heterocycles. The van der Waals surface area contributed by atoms with Crippen molar-refractivity contribution in [1.82, 2.24) is 0 Å². The van der Waals surface area contributed by atoms with E-state index in [-0.39, 0.29) is 33.6 Å². The second-order valence-electron chi connectivity index (χ2n) is 14.8. The van der Waals surface area contributed by atoms with Crippen molar-refractivity contribution in [3.63, 3.8) is 0 Å². The molecular weight excluding hydrogens is 848 g/mol. The van der Waals surface area contributed by atoms with E-state index in [9.17, 15) is 81.1 Å². The highest BCUT2D eigenvalue weighted by atomic mass is 16.6. The molecule has 6 aromatic rings. The second-order valence-corrected chi connectivity index (χ2v) is 14.8. The number of hydrogen-bond donors (Lipinski definition) is 14. The number of fused-ring (bicyclic) bond motifs is 2.